The summed E-state index contributed by atoms with van der Waals surface area (Å²) >= 11 is 0. The van der Waals surface area contributed by atoms with Crippen LogP contribution in [0.4, 0.5) is 5.88 Å². The van der Waals surface area contributed by atoms with Gasteiger partial charge >= 0.3 is 11.9 Å². The molecule has 0 aromatic carbocycles. The van der Waals surface area contributed by atoms with Gasteiger partial charge < -0.3 is 9.52 Å². The molecule has 0 amide bonds. The van der Waals surface area contributed by atoms with Crippen molar-refractivity contribution in [3.05, 3.63) is 28.0 Å². The molecule has 98 valence electrons. The minimum Gasteiger partial charge on any atom is -0.481 e. The first-order valence-corrected chi connectivity index (χ1v) is 5.75. The monoisotopic (exact) mass is 254 g/mol. The van der Waals surface area contributed by atoms with Crippen molar-refractivity contribution in [3.8, 4) is 0 Å². The van der Waals surface area contributed by atoms with Gasteiger partial charge in [0.2, 0.25) is 0 Å². The van der Waals surface area contributed by atoms with Crippen molar-refractivity contribution < 1.29 is 19.2 Å². The van der Waals surface area contributed by atoms with Crippen molar-refractivity contribution in [1.29, 1.82) is 0 Å². The number of carboxylic acids is 1. The van der Waals surface area contributed by atoms with Crippen LogP contribution in [0.15, 0.2) is 16.5 Å². The van der Waals surface area contributed by atoms with E-state index in [0.29, 0.717) is 24.9 Å². The van der Waals surface area contributed by atoms with Crippen molar-refractivity contribution in [2.75, 3.05) is 6.54 Å². The summed E-state index contributed by atoms with van der Waals surface area (Å²) in [5.74, 6) is -0.621. The number of nitrogens with zero attached hydrogens (tertiary/aromatic N) is 2. The lowest BCUT2D eigenvalue weighted by Crippen LogP contribution is -2.27. The minimum absolute atomic E-state index is 0.0688. The first-order chi connectivity index (χ1) is 8.56. The van der Waals surface area contributed by atoms with Crippen LogP contribution >= 0.6 is 0 Å². The van der Waals surface area contributed by atoms with Crippen molar-refractivity contribution in [2.45, 2.75) is 31.8 Å². The van der Waals surface area contributed by atoms with Gasteiger partial charge in [0, 0.05) is 12.6 Å². The average molecular weight is 254 g/mol. The molecule has 7 heteroatoms. The number of nitro groups is 1. The number of aliphatic carboxylic acids is 1. The van der Waals surface area contributed by atoms with Gasteiger partial charge in [-0.25, -0.2) is 0 Å². The van der Waals surface area contributed by atoms with Gasteiger partial charge in [-0.15, -0.1) is 0 Å². The number of hydrogen-bond acceptors (Lipinski definition) is 5. The lowest BCUT2D eigenvalue weighted by atomic mass is 10.3. The van der Waals surface area contributed by atoms with E-state index in [9.17, 15) is 14.9 Å². The molecular formula is C11H14N2O5. The van der Waals surface area contributed by atoms with Crippen LogP contribution in [0.5, 0.6) is 0 Å². The molecule has 1 aliphatic rings. The third-order valence-electron chi connectivity index (χ3n) is 2.86. The van der Waals surface area contributed by atoms with Crippen LogP contribution in [0.3, 0.4) is 0 Å². The Morgan fingerprint density at radius 1 is 1.56 bits per heavy atom. The van der Waals surface area contributed by atoms with E-state index in [-0.39, 0.29) is 12.3 Å². The Labute approximate surface area is 103 Å². The Bertz CT molecular complexity index is 452. The van der Waals surface area contributed by atoms with Gasteiger partial charge in [0.1, 0.15) is 10.7 Å². The van der Waals surface area contributed by atoms with Crippen molar-refractivity contribution in [3.63, 3.8) is 0 Å². The first-order valence-electron chi connectivity index (χ1n) is 5.75. The zero-order chi connectivity index (χ0) is 13.1. The quantitative estimate of drug-likeness (QED) is 0.586. The molecule has 0 spiro atoms. The van der Waals surface area contributed by atoms with E-state index in [1.165, 1.54) is 6.07 Å². The normalized spacial score (nSPS) is 14.9. The maximum Gasteiger partial charge on any atom is 0.433 e. The molecule has 0 aliphatic heterocycles. The Morgan fingerprint density at radius 3 is 2.78 bits per heavy atom. The predicted molar refractivity (Wildman–Crippen MR) is 61.0 cm³/mol. The van der Waals surface area contributed by atoms with E-state index in [2.05, 4.69) is 0 Å². The molecule has 1 heterocycles. The third-order valence-corrected chi connectivity index (χ3v) is 2.86. The summed E-state index contributed by atoms with van der Waals surface area (Å²) in [6.07, 6.45) is 2.16. The van der Waals surface area contributed by atoms with E-state index in [0.717, 1.165) is 12.8 Å². The summed E-state index contributed by atoms with van der Waals surface area (Å²) in [5.41, 5.74) is 0. The zero-order valence-corrected chi connectivity index (χ0v) is 9.74. The molecule has 2 rings (SSSR count). The number of hydrogen-bond donors (Lipinski definition) is 1. The van der Waals surface area contributed by atoms with Crippen molar-refractivity contribution in [2.24, 2.45) is 0 Å². The summed E-state index contributed by atoms with van der Waals surface area (Å²) in [6, 6.07) is 3.26. The largest absolute Gasteiger partial charge is 0.481 e. The molecule has 0 bridgehead atoms. The highest BCUT2D eigenvalue weighted by Gasteiger charge is 2.30. The van der Waals surface area contributed by atoms with Crippen LogP contribution in [0, 0.1) is 10.1 Å². The number of furan rings is 1. The summed E-state index contributed by atoms with van der Waals surface area (Å²) in [7, 11) is 0. The Kier molecular flexibility index (Phi) is 3.61. The van der Waals surface area contributed by atoms with Crippen LogP contribution in [0.2, 0.25) is 0 Å². The van der Waals surface area contributed by atoms with Crippen LogP contribution in [0.25, 0.3) is 0 Å². The van der Waals surface area contributed by atoms with E-state index in [1.54, 1.807) is 6.07 Å². The molecule has 7 nitrogen and oxygen atoms in total. The summed E-state index contributed by atoms with van der Waals surface area (Å²) in [5, 5.41) is 19.1. The standard InChI is InChI=1S/C11H14N2O5/c14-11(15)5-6-12(8-1-2-8)7-9-3-4-10(18-9)13(16)17/h3-4,8H,1-2,5-7H2,(H,14,15). The van der Waals surface area contributed by atoms with E-state index < -0.39 is 10.9 Å². The maximum absolute atomic E-state index is 10.6. The molecule has 1 saturated carbocycles. The third kappa shape index (κ3) is 3.30. The lowest BCUT2D eigenvalue weighted by molar-refractivity contribution is -0.402. The fourth-order valence-corrected chi connectivity index (χ4v) is 1.82. The molecule has 1 N–H and O–H groups in total. The highest BCUT2D eigenvalue weighted by atomic mass is 16.6. The van der Waals surface area contributed by atoms with Crippen LogP contribution in [-0.2, 0) is 11.3 Å². The summed E-state index contributed by atoms with van der Waals surface area (Å²) in [4.78, 5) is 22.5. The van der Waals surface area contributed by atoms with Gasteiger partial charge in [0.05, 0.1) is 19.0 Å². The minimum atomic E-state index is -0.842. The fraction of sp³-hybridized carbons (Fsp3) is 0.545. The zero-order valence-electron chi connectivity index (χ0n) is 9.74. The summed E-state index contributed by atoms with van der Waals surface area (Å²) < 4.78 is 5.07. The molecular weight excluding hydrogens is 240 g/mol. The van der Waals surface area contributed by atoms with Gasteiger partial charge in [-0.1, -0.05) is 0 Å². The summed E-state index contributed by atoms with van der Waals surface area (Å²) in [6.45, 7) is 0.861. The first kappa shape index (κ1) is 12.6. The molecule has 1 aliphatic carbocycles. The van der Waals surface area contributed by atoms with E-state index in [4.69, 9.17) is 9.52 Å². The molecule has 1 aromatic rings. The fourth-order valence-electron chi connectivity index (χ4n) is 1.82. The maximum atomic E-state index is 10.6. The smallest absolute Gasteiger partial charge is 0.433 e. The lowest BCUT2D eigenvalue weighted by Gasteiger charge is -2.19. The molecule has 0 saturated heterocycles. The molecule has 18 heavy (non-hydrogen) atoms. The number of carbonyl (C=O) groups is 1. The van der Waals surface area contributed by atoms with Crippen LogP contribution < -0.4 is 0 Å². The van der Waals surface area contributed by atoms with Crippen molar-refractivity contribution in [1.82, 2.24) is 4.90 Å². The topological polar surface area (TPSA) is 96.8 Å². The second-order valence-electron chi connectivity index (χ2n) is 4.34. The van der Waals surface area contributed by atoms with Gasteiger partial charge in [-0.2, -0.15) is 0 Å². The van der Waals surface area contributed by atoms with E-state index >= 15 is 0 Å². The molecule has 0 atom stereocenters. The Balaban J connectivity index is 1.94. The molecule has 1 aromatic heterocycles. The molecule has 1 fully saturated rings. The Morgan fingerprint density at radius 2 is 2.28 bits per heavy atom. The van der Waals surface area contributed by atoms with Crippen molar-refractivity contribution >= 4 is 11.9 Å². The van der Waals surface area contributed by atoms with Gasteiger partial charge in [0.25, 0.3) is 0 Å². The predicted octanol–water partition coefficient (Wildman–Crippen LogP) is 1.63. The molecule has 0 radical (unpaired) electrons. The second kappa shape index (κ2) is 5.18. The highest BCUT2D eigenvalue weighted by Crippen LogP contribution is 2.29. The van der Waals surface area contributed by atoms with Crippen LogP contribution in [-0.4, -0.2) is 33.5 Å². The second-order valence-corrected chi connectivity index (χ2v) is 4.34. The van der Waals surface area contributed by atoms with Crippen LogP contribution in [0.1, 0.15) is 25.0 Å². The number of carboxylic acid groups (broad SMARTS) is 1. The van der Waals surface area contributed by atoms with E-state index in [1.807, 2.05) is 4.90 Å². The molecule has 0 unspecified atom stereocenters. The number of rotatable bonds is 7. The SMILES string of the molecule is O=C(O)CCN(Cc1ccc([N+](=O)[O-])o1)C1CC1. The van der Waals surface area contributed by atoms with Gasteiger partial charge in [0.15, 0.2) is 0 Å². The average Bonchev–Trinajstić information content (AvgIpc) is 3.03. The van der Waals surface area contributed by atoms with Gasteiger partial charge in [-0.05, 0) is 18.9 Å². The Hall–Kier alpha value is -1.89. The highest BCUT2D eigenvalue weighted by molar-refractivity contribution is 5.66. The van der Waals surface area contributed by atoms with Gasteiger partial charge in [-0.3, -0.25) is 19.8 Å².